The average molecular weight is 323 g/mol. The third-order valence-corrected chi connectivity index (χ3v) is 3.70. The number of benzene rings is 1. The number of methoxy groups -OCH3 is 2. The van der Waals surface area contributed by atoms with Crippen LogP contribution in [0.2, 0.25) is 0 Å². The fourth-order valence-electron chi connectivity index (χ4n) is 1.73. The van der Waals surface area contributed by atoms with Crippen LogP contribution in [0.3, 0.4) is 0 Å². The van der Waals surface area contributed by atoms with Gasteiger partial charge in [0.05, 0.1) is 25.9 Å². The van der Waals surface area contributed by atoms with Crippen molar-refractivity contribution in [2.24, 2.45) is 0 Å². The minimum absolute atomic E-state index is 0. The summed E-state index contributed by atoms with van der Waals surface area (Å²) in [5.41, 5.74) is 0.0846. The van der Waals surface area contributed by atoms with Gasteiger partial charge < -0.3 is 14.8 Å². The van der Waals surface area contributed by atoms with Crippen LogP contribution in [0.1, 0.15) is 0 Å². The zero-order valence-corrected chi connectivity index (χ0v) is 12.7. The number of anilines is 1. The Morgan fingerprint density at radius 1 is 1.40 bits per heavy atom. The largest absolute Gasteiger partial charge is 0.493 e. The summed E-state index contributed by atoms with van der Waals surface area (Å²) < 4.78 is 23.9. The Kier molecular flexibility index (Phi) is 6.38. The number of carbonyl (C=O) groups is 1. The third-order valence-electron chi connectivity index (χ3n) is 2.76. The molecule has 0 aliphatic carbocycles. The van der Waals surface area contributed by atoms with E-state index in [-0.39, 0.29) is 35.8 Å². The molecule has 1 aromatic rings. The first kappa shape index (κ1) is 16.9. The summed E-state index contributed by atoms with van der Waals surface area (Å²) in [7, 11) is 2.88. The molecule has 2 rings (SSSR count). The van der Waals surface area contributed by atoms with Gasteiger partial charge >= 0.3 is 0 Å². The second-order valence-corrected chi connectivity index (χ2v) is 4.98. The molecule has 8 heteroatoms. The Labute approximate surface area is 127 Å². The van der Waals surface area contributed by atoms with E-state index in [0.29, 0.717) is 11.5 Å². The molecule has 1 saturated heterocycles. The number of hydrogen-bond acceptors (Lipinski definition) is 5. The maximum Gasteiger partial charge on any atom is 0.242 e. The standard InChI is InChI=1S/C12H15FN2O3S.ClH/c1-17-10-3-7(13)8(4-11(10)18-2)15-12(16)9-5-19-6-14-9;/h3-4,9,14H,5-6H2,1-2H3,(H,15,16);1H. The average Bonchev–Trinajstić information content (AvgIpc) is 2.94. The second kappa shape index (κ2) is 7.56. The van der Waals surface area contributed by atoms with Crippen molar-refractivity contribution in [2.45, 2.75) is 6.04 Å². The molecule has 1 heterocycles. The van der Waals surface area contributed by atoms with E-state index in [9.17, 15) is 9.18 Å². The molecular formula is C12H16ClFN2O3S. The predicted molar refractivity (Wildman–Crippen MR) is 79.6 cm³/mol. The van der Waals surface area contributed by atoms with Crippen molar-refractivity contribution in [1.29, 1.82) is 0 Å². The number of thioether (sulfide) groups is 1. The lowest BCUT2D eigenvalue weighted by Crippen LogP contribution is -2.37. The normalized spacial score (nSPS) is 17.2. The molecule has 1 atom stereocenters. The van der Waals surface area contributed by atoms with E-state index in [4.69, 9.17) is 9.47 Å². The SMILES string of the molecule is COc1cc(F)c(NC(=O)C2CSCN2)cc1OC.Cl. The number of hydrogen-bond donors (Lipinski definition) is 2. The molecule has 0 aromatic heterocycles. The van der Waals surface area contributed by atoms with Crippen molar-refractivity contribution in [3.63, 3.8) is 0 Å². The minimum atomic E-state index is -0.559. The van der Waals surface area contributed by atoms with Gasteiger partial charge in [0.1, 0.15) is 0 Å². The maximum absolute atomic E-state index is 13.8. The molecule has 5 nitrogen and oxygen atoms in total. The Morgan fingerprint density at radius 3 is 2.60 bits per heavy atom. The molecule has 1 fully saturated rings. The highest BCUT2D eigenvalue weighted by Gasteiger charge is 2.23. The Bertz CT molecular complexity index is 484. The monoisotopic (exact) mass is 322 g/mol. The van der Waals surface area contributed by atoms with E-state index in [1.807, 2.05) is 0 Å². The zero-order chi connectivity index (χ0) is 13.8. The molecule has 112 valence electrons. The van der Waals surface area contributed by atoms with E-state index >= 15 is 0 Å². The van der Waals surface area contributed by atoms with Gasteiger partial charge in [-0.05, 0) is 0 Å². The topological polar surface area (TPSA) is 59.6 Å². The summed E-state index contributed by atoms with van der Waals surface area (Å²) in [6, 6.07) is 2.30. The predicted octanol–water partition coefficient (Wildman–Crippen LogP) is 1.87. The lowest BCUT2D eigenvalue weighted by molar-refractivity contribution is -0.117. The lowest BCUT2D eigenvalue weighted by atomic mass is 10.2. The second-order valence-electron chi connectivity index (χ2n) is 3.95. The third kappa shape index (κ3) is 3.68. The number of amides is 1. The fourth-order valence-corrected chi connectivity index (χ4v) is 2.68. The Balaban J connectivity index is 0.00000200. The van der Waals surface area contributed by atoms with Crippen molar-refractivity contribution >= 4 is 35.8 Å². The van der Waals surface area contributed by atoms with Gasteiger partial charge in [-0.25, -0.2) is 4.39 Å². The van der Waals surface area contributed by atoms with Crippen LogP contribution >= 0.6 is 24.2 Å². The van der Waals surface area contributed by atoms with Crippen LogP contribution in [-0.2, 0) is 4.79 Å². The van der Waals surface area contributed by atoms with Crippen LogP contribution in [-0.4, -0.2) is 37.8 Å². The van der Waals surface area contributed by atoms with Crippen LogP contribution in [0.5, 0.6) is 11.5 Å². The summed E-state index contributed by atoms with van der Waals surface area (Å²) in [6.45, 7) is 0. The number of ether oxygens (including phenoxy) is 2. The van der Waals surface area contributed by atoms with Gasteiger partial charge in [-0.2, -0.15) is 0 Å². The van der Waals surface area contributed by atoms with Crippen LogP contribution in [0.25, 0.3) is 0 Å². The van der Waals surface area contributed by atoms with Gasteiger partial charge in [-0.1, -0.05) is 0 Å². The summed E-state index contributed by atoms with van der Waals surface area (Å²) in [4.78, 5) is 11.9. The van der Waals surface area contributed by atoms with Crippen molar-refractivity contribution in [1.82, 2.24) is 5.32 Å². The molecule has 1 amide bonds. The Hall–Kier alpha value is -1.18. The van der Waals surface area contributed by atoms with Gasteiger partial charge in [0.25, 0.3) is 0 Å². The van der Waals surface area contributed by atoms with E-state index in [1.165, 1.54) is 26.4 Å². The van der Waals surface area contributed by atoms with Crippen molar-refractivity contribution < 1.29 is 18.7 Å². The first-order valence-corrected chi connectivity index (χ1v) is 6.84. The van der Waals surface area contributed by atoms with Crippen LogP contribution < -0.4 is 20.1 Å². The molecule has 1 aromatic carbocycles. The summed E-state index contributed by atoms with van der Waals surface area (Å²) in [5, 5.41) is 5.57. The maximum atomic E-state index is 13.8. The highest BCUT2D eigenvalue weighted by molar-refractivity contribution is 7.99. The molecule has 0 bridgehead atoms. The van der Waals surface area contributed by atoms with E-state index in [0.717, 1.165) is 5.88 Å². The first-order valence-electron chi connectivity index (χ1n) is 5.69. The smallest absolute Gasteiger partial charge is 0.242 e. The van der Waals surface area contributed by atoms with Gasteiger partial charge in [-0.15, -0.1) is 24.2 Å². The molecule has 0 radical (unpaired) electrons. The van der Waals surface area contributed by atoms with Gasteiger partial charge in [0, 0.05) is 23.8 Å². The Morgan fingerprint density at radius 2 is 2.05 bits per heavy atom. The molecule has 20 heavy (non-hydrogen) atoms. The highest BCUT2D eigenvalue weighted by atomic mass is 35.5. The number of nitrogens with one attached hydrogen (secondary N) is 2. The lowest BCUT2D eigenvalue weighted by Gasteiger charge is -2.14. The van der Waals surface area contributed by atoms with Crippen molar-refractivity contribution in [2.75, 3.05) is 31.2 Å². The van der Waals surface area contributed by atoms with Gasteiger partial charge in [0.15, 0.2) is 17.3 Å². The summed E-state index contributed by atoms with van der Waals surface area (Å²) >= 11 is 1.63. The van der Waals surface area contributed by atoms with Crippen molar-refractivity contribution in [3.8, 4) is 11.5 Å². The van der Waals surface area contributed by atoms with Crippen LogP contribution in [0.4, 0.5) is 10.1 Å². The van der Waals surface area contributed by atoms with E-state index in [2.05, 4.69) is 10.6 Å². The minimum Gasteiger partial charge on any atom is -0.493 e. The fraction of sp³-hybridized carbons (Fsp3) is 0.417. The molecule has 1 aliphatic heterocycles. The highest BCUT2D eigenvalue weighted by Crippen LogP contribution is 2.32. The van der Waals surface area contributed by atoms with Crippen LogP contribution in [0.15, 0.2) is 12.1 Å². The van der Waals surface area contributed by atoms with Crippen molar-refractivity contribution in [3.05, 3.63) is 17.9 Å². The first-order chi connectivity index (χ1) is 9.15. The number of rotatable bonds is 4. The summed E-state index contributed by atoms with van der Waals surface area (Å²) in [6.07, 6.45) is 0. The van der Waals surface area contributed by atoms with E-state index < -0.39 is 5.82 Å². The van der Waals surface area contributed by atoms with Gasteiger partial charge in [-0.3, -0.25) is 10.1 Å². The quantitative estimate of drug-likeness (QED) is 0.886. The van der Waals surface area contributed by atoms with Crippen LogP contribution in [0, 0.1) is 5.82 Å². The van der Waals surface area contributed by atoms with Gasteiger partial charge in [0.2, 0.25) is 5.91 Å². The molecular weight excluding hydrogens is 307 g/mol. The molecule has 1 aliphatic rings. The number of halogens is 2. The molecule has 2 N–H and O–H groups in total. The summed E-state index contributed by atoms with van der Waals surface area (Å²) in [5.74, 6) is 1.25. The molecule has 0 saturated carbocycles. The zero-order valence-electron chi connectivity index (χ0n) is 11.1. The molecule has 1 unspecified atom stereocenters. The number of carbonyl (C=O) groups excluding carboxylic acids is 1. The molecule has 0 spiro atoms. The van der Waals surface area contributed by atoms with E-state index in [1.54, 1.807) is 11.8 Å².